The van der Waals surface area contributed by atoms with Gasteiger partial charge in [0.2, 0.25) is 5.91 Å². The van der Waals surface area contributed by atoms with E-state index >= 15 is 0 Å². The fourth-order valence-electron chi connectivity index (χ4n) is 4.20. The van der Waals surface area contributed by atoms with Gasteiger partial charge in [-0.1, -0.05) is 60.5 Å². The maximum absolute atomic E-state index is 13.8. The van der Waals surface area contributed by atoms with Gasteiger partial charge in [-0.05, 0) is 61.7 Å². The predicted octanol–water partition coefficient (Wildman–Crippen LogP) is 6.82. The van der Waals surface area contributed by atoms with Crippen molar-refractivity contribution in [1.82, 2.24) is 9.55 Å². The number of fused-ring (bicyclic) bond motifs is 1. The van der Waals surface area contributed by atoms with E-state index in [0.29, 0.717) is 28.2 Å². The number of hydrogen-bond donors (Lipinski definition) is 0. The van der Waals surface area contributed by atoms with E-state index in [1.165, 1.54) is 0 Å². The molecule has 3 aromatic carbocycles. The lowest BCUT2D eigenvalue weighted by Crippen LogP contribution is -2.37. The van der Waals surface area contributed by atoms with Crippen molar-refractivity contribution in [2.45, 2.75) is 40.3 Å². The van der Waals surface area contributed by atoms with Crippen molar-refractivity contribution < 1.29 is 14.3 Å². The Morgan fingerprint density at radius 2 is 1.86 bits per heavy atom. The monoisotopic (exact) mass is 525 g/mol. The first-order valence-electron chi connectivity index (χ1n) is 11.9. The number of benzene rings is 3. The van der Waals surface area contributed by atoms with Gasteiger partial charge in [0.15, 0.2) is 0 Å². The molecule has 0 aliphatic heterocycles. The molecule has 0 aliphatic rings. The van der Waals surface area contributed by atoms with Crippen molar-refractivity contribution in [3.63, 3.8) is 0 Å². The van der Waals surface area contributed by atoms with E-state index in [4.69, 9.17) is 37.7 Å². The Morgan fingerprint density at radius 3 is 2.61 bits per heavy atom. The smallest absolute Gasteiger partial charge is 0.248 e. The highest BCUT2D eigenvalue weighted by molar-refractivity contribution is 6.35. The molecule has 0 radical (unpaired) electrons. The molecule has 8 heteroatoms. The zero-order valence-corrected chi connectivity index (χ0v) is 22.1. The molecule has 0 atom stereocenters. The molecular formula is C28H29Cl2N3O3. The summed E-state index contributed by atoms with van der Waals surface area (Å²) in [5.41, 5.74) is 4.66. The summed E-state index contributed by atoms with van der Waals surface area (Å²) in [5, 5.41) is 0.943. The first-order valence-corrected chi connectivity index (χ1v) is 12.7. The van der Waals surface area contributed by atoms with Gasteiger partial charge in [-0.3, -0.25) is 9.69 Å². The Bertz CT molecular complexity index is 1370. The lowest BCUT2D eigenvalue weighted by atomic mass is 10.0. The fourth-order valence-corrected chi connectivity index (χ4v) is 4.67. The Kier molecular flexibility index (Phi) is 8.52. The summed E-state index contributed by atoms with van der Waals surface area (Å²) in [6.07, 6.45) is 0.807. The van der Waals surface area contributed by atoms with E-state index in [9.17, 15) is 4.79 Å². The van der Waals surface area contributed by atoms with Gasteiger partial charge in [-0.25, -0.2) is 4.98 Å². The normalized spacial score (nSPS) is 11.1. The van der Waals surface area contributed by atoms with Gasteiger partial charge in [0.1, 0.15) is 31.5 Å². The van der Waals surface area contributed by atoms with Crippen molar-refractivity contribution in [2.24, 2.45) is 0 Å². The van der Waals surface area contributed by atoms with Crippen molar-refractivity contribution in [3.8, 4) is 5.75 Å². The summed E-state index contributed by atoms with van der Waals surface area (Å²) in [4.78, 5) is 20.3. The highest BCUT2D eigenvalue weighted by Gasteiger charge is 2.23. The third-order valence-corrected chi connectivity index (χ3v) is 6.51. The van der Waals surface area contributed by atoms with Crippen LogP contribution in [0.1, 0.15) is 30.8 Å². The van der Waals surface area contributed by atoms with Crippen LogP contribution in [0.15, 0.2) is 60.7 Å². The third-order valence-electron chi connectivity index (χ3n) is 5.98. The Morgan fingerprint density at radius 1 is 1.06 bits per heavy atom. The first kappa shape index (κ1) is 26.0. The SMILES string of the molecule is CCOCN(C(=O)Cn1c(COc2ccc(Cl)cc2Cl)nc2ccccc21)c1c(C)cccc1CC. The zero-order valence-electron chi connectivity index (χ0n) is 20.6. The third kappa shape index (κ3) is 5.67. The molecule has 0 unspecified atom stereocenters. The van der Waals surface area contributed by atoms with Crippen LogP contribution in [0.25, 0.3) is 11.0 Å². The lowest BCUT2D eigenvalue weighted by molar-refractivity contribution is -0.120. The molecule has 1 aromatic heterocycles. The van der Waals surface area contributed by atoms with Gasteiger partial charge in [0, 0.05) is 11.6 Å². The maximum Gasteiger partial charge on any atom is 0.248 e. The van der Waals surface area contributed by atoms with Crippen LogP contribution in [0, 0.1) is 6.92 Å². The molecular weight excluding hydrogens is 497 g/mol. The number of anilines is 1. The molecule has 6 nitrogen and oxygen atoms in total. The molecule has 1 heterocycles. The maximum atomic E-state index is 13.8. The number of amides is 1. The molecule has 0 saturated heterocycles. The summed E-state index contributed by atoms with van der Waals surface area (Å²) in [6, 6.07) is 18.9. The van der Waals surface area contributed by atoms with Crippen molar-refractivity contribution >= 4 is 45.8 Å². The summed E-state index contributed by atoms with van der Waals surface area (Å²) in [6.45, 7) is 6.92. The average molecular weight is 526 g/mol. The number of nitrogens with zero attached hydrogens (tertiary/aromatic N) is 3. The van der Waals surface area contributed by atoms with E-state index in [-0.39, 0.29) is 25.8 Å². The summed E-state index contributed by atoms with van der Waals surface area (Å²) in [5.74, 6) is 1.02. The van der Waals surface area contributed by atoms with Crippen LogP contribution >= 0.6 is 23.2 Å². The molecule has 0 bridgehead atoms. The van der Waals surface area contributed by atoms with E-state index in [1.807, 2.05) is 54.8 Å². The van der Waals surface area contributed by atoms with Crippen LogP contribution in [0.5, 0.6) is 5.75 Å². The van der Waals surface area contributed by atoms with Crippen LogP contribution in [0.4, 0.5) is 5.69 Å². The molecule has 36 heavy (non-hydrogen) atoms. The highest BCUT2D eigenvalue weighted by atomic mass is 35.5. The quantitative estimate of drug-likeness (QED) is 0.213. The van der Waals surface area contributed by atoms with Crippen LogP contribution in [0.3, 0.4) is 0 Å². The second-order valence-electron chi connectivity index (χ2n) is 8.35. The number of carbonyl (C=O) groups excluding carboxylic acids is 1. The van der Waals surface area contributed by atoms with Crippen LogP contribution in [0.2, 0.25) is 10.0 Å². The number of ether oxygens (including phenoxy) is 2. The Labute approximate surface area is 221 Å². The van der Waals surface area contributed by atoms with E-state index in [1.54, 1.807) is 23.1 Å². The van der Waals surface area contributed by atoms with Gasteiger partial charge >= 0.3 is 0 Å². The second-order valence-corrected chi connectivity index (χ2v) is 9.19. The molecule has 4 rings (SSSR count). The molecule has 0 fully saturated rings. The van der Waals surface area contributed by atoms with Gasteiger partial charge in [-0.15, -0.1) is 0 Å². The van der Waals surface area contributed by atoms with E-state index in [2.05, 4.69) is 13.0 Å². The van der Waals surface area contributed by atoms with Crippen LogP contribution in [-0.2, 0) is 29.1 Å². The van der Waals surface area contributed by atoms with Crippen LogP contribution in [-0.4, -0.2) is 28.8 Å². The number of aryl methyl sites for hydroxylation is 2. The molecule has 0 aliphatic carbocycles. The average Bonchev–Trinajstić information content (AvgIpc) is 3.21. The second kappa shape index (κ2) is 11.8. The molecule has 0 saturated carbocycles. The molecule has 4 aromatic rings. The topological polar surface area (TPSA) is 56.6 Å². The van der Waals surface area contributed by atoms with Crippen molar-refractivity contribution in [3.05, 3.63) is 87.7 Å². The number of rotatable bonds is 10. The first-order chi connectivity index (χ1) is 17.4. The summed E-state index contributed by atoms with van der Waals surface area (Å²) in [7, 11) is 0. The van der Waals surface area contributed by atoms with E-state index < -0.39 is 0 Å². The van der Waals surface area contributed by atoms with Gasteiger partial charge in [0.05, 0.1) is 21.7 Å². The number of imidazole rings is 1. The zero-order chi connectivity index (χ0) is 25.7. The van der Waals surface area contributed by atoms with Gasteiger partial charge in [0.25, 0.3) is 0 Å². The minimum Gasteiger partial charge on any atom is -0.484 e. The van der Waals surface area contributed by atoms with Crippen molar-refractivity contribution in [2.75, 3.05) is 18.2 Å². The predicted molar refractivity (Wildman–Crippen MR) is 145 cm³/mol. The minimum absolute atomic E-state index is 0.0815. The number of halogens is 2. The lowest BCUT2D eigenvalue weighted by Gasteiger charge is -2.27. The van der Waals surface area contributed by atoms with Crippen molar-refractivity contribution in [1.29, 1.82) is 0 Å². The Balaban J connectivity index is 1.68. The number of para-hydroxylation sites is 3. The standard InChI is InChI=1S/C28H29Cl2N3O3/c1-4-20-10-8-9-19(3)28(20)33(18-35-5-2)27(34)16-32-24-12-7-6-11-23(24)31-26(32)17-36-25-14-13-21(29)15-22(25)30/h6-15H,4-5,16-18H2,1-3H3. The summed E-state index contributed by atoms with van der Waals surface area (Å²) >= 11 is 12.3. The number of carbonyl (C=O) groups is 1. The van der Waals surface area contributed by atoms with Crippen LogP contribution < -0.4 is 9.64 Å². The summed E-state index contributed by atoms with van der Waals surface area (Å²) < 4.78 is 13.6. The Hall–Kier alpha value is -3.06. The molecule has 0 N–H and O–H groups in total. The van der Waals surface area contributed by atoms with Gasteiger partial charge in [-0.2, -0.15) is 0 Å². The van der Waals surface area contributed by atoms with Gasteiger partial charge < -0.3 is 14.0 Å². The minimum atomic E-state index is -0.0959. The number of aromatic nitrogens is 2. The largest absolute Gasteiger partial charge is 0.484 e. The molecule has 188 valence electrons. The number of hydrogen-bond acceptors (Lipinski definition) is 4. The molecule has 0 spiro atoms. The van der Waals surface area contributed by atoms with E-state index in [0.717, 1.165) is 34.3 Å². The molecule has 1 amide bonds. The fraction of sp³-hybridized carbons (Fsp3) is 0.286. The highest BCUT2D eigenvalue weighted by Crippen LogP contribution is 2.29.